The summed E-state index contributed by atoms with van der Waals surface area (Å²) in [5.41, 5.74) is 1.31. The second-order valence-corrected chi connectivity index (χ2v) is 7.00. The average Bonchev–Trinajstić information content (AvgIpc) is 2.76. The molecule has 1 aliphatic carbocycles. The minimum Gasteiger partial charge on any atom is -0.338 e. The maximum atomic E-state index is 12.4. The molecule has 0 aliphatic heterocycles. The minimum atomic E-state index is 0.0495. The van der Waals surface area contributed by atoms with E-state index in [0.717, 1.165) is 41.3 Å². The number of nitrogens with two attached hydrogens (primary N) is 1. The molecule has 3 rings (SSSR count). The smallest absolute Gasteiger partial charge is 0.260 e. The van der Waals surface area contributed by atoms with Gasteiger partial charge in [0, 0.05) is 4.88 Å². The van der Waals surface area contributed by atoms with Gasteiger partial charge >= 0.3 is 0 Å². The van der Waals surface area contributed by atoms with Gasteiger partial charge in [0.05, 0.1) is 11.9 Å². The molecule has 1 aliphatic rings. The molecule has 5 heteroatoms. The predicted molar refractivity (Wildman–Crippen MR) is 82.3 cm³/mol. The number of aromatic amines is 1. The van der Waals surface area contributed by atoms with Crippen molar-refractivity contribution >= 4 is 21.6 Å². The van der Waals surface area contributed by atoms with Gasteiger partial charge in [0.2, 0.25) is 0 Å². The summed E-state index contributed by atoms with van der Waals surface area (Å²) >= 11 is 1.72. The SMILES string of the molecule is CC[NH2+][C@H](C)c1nc2sc3c(c2c(=O)[nH]1)CC[C@@H](C)C3. The molecule has 0 aromatic carbocycles. The van der Waals surface area contributed by atoms with E-state index in [1.807, 2.05) is 0 Å². The fourth-order valence-electron chi connectivity index (χ4n) is 3.05. The molecule has 20 heavy (non-hydrogen) atoms. The van der Waals surface area contributed by atoms with Crippen molar-refractivity contribution in [2.45, 2.75) is 46.1 Å². The molecule has 0 fully saturated rings. The summed E-state index contributed by atoms with van der Waals surface area (Å²) in [7, 11) is 0. The lowest BCUT2D eigenvalue weighted by Crippen LogP contribution is -2.84. The van der Waals surface area contributed by atoms with Gasteiger partial charge in [0.15, 0.2) is 5.82 Å². The summed E-state index contributed by atoms with van der Waals surface area (Å²) in [4.78, 5) is 22.4. The van der Waals surface area contributed by atoms with E-state index in [1.165, 1.54) is 16.9 Å². The molecule has 2 heterocycles. The third-order valence-corrected chi connectivity index (χ3v) is 5.35. The van der Waals surface area contributed by atoms with Gasteiger partial charge in [-0.05, 0) is 44.6 Å². The summed E-state index contributed by atoms with van der Waals surface area (Å²) in [5.74, 6) is 1.53. The summed E-state index contributed by atoms with van der Waals surface area (Å²) < 4.78 is 0. The highest BCUT2D eigenvalue weighted by Crippen LogP contribution is 2.35. The van der Waals surface area contributed by atoms with Gasteiger partial charge in [-0.2, -0.15) is 0 Å². The van der Waals surface area contributed by atoms with Crippen molar-refractivity contribution in [2.75, 3.05) is 6.54 Å². The topological polar surface area (TPSA) is 62.4 Å². The standard InChI is InChI=1S/C15H21N3OS/c1-4-16-9(3)13-17-14(19)12-10-6-5-8(2)7-11(10)20-15(12)18-13/h8-9,16H,4-7H2,1-3H3,(H,17,18,19)/p+1/t8-,9-/m1/s1. The Hall–Kier alpha value is -1.20. The lowest BCUT2D eigenvalue weighted by molar-refractivity contribution is -0.691. The number of thiophene rings is 1. The van der Waals surface area contributed by atoms with Gasteiger partial charge in [0.1, 0.15) is 10.9 Å². The summed E-state index contributed by atoms with van der Waals surface area (Å²) in [5, 5.41) is 3.03. The monoisotopic (exact) mass is 292 g/mol. The molecule has 0 unspecified atom stereocenters. The molecule has 2 aromatic rings. The normalized spacial score (nSPS) is 20.1. The van der Waals surface area contributed by atoms with Crippen molar-refractivity contribution in [3.63, 3.8) is 0 Å². The van der Waals surface area contributed by atoms with Crippen LogP contribution < -0.4 is 10.9 Å². The van der Waals surface area contributed by atoms with Crippen LogP contribution in [0.25, 0.3) is 10.2 Å². The lowest BCUT2D eigenvalue weighted by Gasteiger charge is -2.17. The van der Waals surface area contributed by atoms with Crippen LogP contribution in [0.2, 0.25) is 0 Å². The lowest BCUT2D eigenvalue weighted by atomic mass is 9.89. The first-order valence-electron chi connectivity index (χ1n) is 7.48. The molecule has 2 aromatic heterocycles. The molecule has 3 N–H and O–H groups in total. The first kappa shape index (κ1) is 13.8. The Labute approximate surface area is 122 Å². The molecule has 0 saturated heterocycles. The van der Waals surface area contributed by atoms with Crippen LogP contribution in [0.15, 0.2) is 4.79 Å². The average molecular weight is 292 g/mol. The Kier molecular flexibility index (Phi) is 3.65. The maximum Gasteiger partial charge on any atom is 0.260 e. The third kappa shape index (κ3) is 2.29. The Morgan fingerprint density at radius 2 is 2.35 bits per heavy atom. The quantitative estimate of drug-likeness (QED) is 0.905. The number of H-pyrrole nitrogens is 1. The van der Waals surface area contributed by atoms with E-state index in [4.69, 9.17) is 4.98 Å². The molecule has 0 saturated carbocycles. The number of aryl methyl sites for hydroxylation is 1. The van der Waals surface area contributed by atoms with E-state index in [9.17, 15) is 4.79 Å². The van der Waals surface area contributed by atoms with Gasteiger partial charge in [-0.15, -0.1) is 11.3 Å². The van der Waals surface area contributed by atoms with E-state index >= 15 is 0 Å². The van der Waals surface area contributed by atoms with E-state index in [2.05, 4.69) is 31.1 Å². The highest BCUT2D eigenvalue weighted by Gasteiger charge is 2.23. The number of hydrogen-bond donors (Lipinski definition) is 2. The molecule has 0 amide bonds. The number of fused-ring (bicyclic) bond motifs is 3. The van der Waals surface area contributed by atoms with E-state index in [-0.39, 0.29) is 11.6 Å². The third-order valence-electron chi connectivity index (χ3n) is 4.20. The first-order valence-corrected chi connectivity index (χ1v) is 8.29. The Bertz CT molecular complexity index is 688. The van der Waals surface area contributed by atoms with Crippen molar-refractivity contribution in [1.29, 1.82) is 0 Å². The zero-order valence-electron chi connectivity index (χ0n) is 12.3. The van der Waals surface area contributed by atoms with Gasteiger partial charge in [0.25, 0.3) is 5.56 Å². The number of hydrogen-bond acceptors (Lipinski definition) is 3. The molecule has 0 bridgehead atoms. The highest BCUT2D eigenvalue weighted by molar-refractivity contribution is 7.18. The molecule has 0 spiro atoms. The van der Waals surface area contributed by atoms with Crippen LogP contribution in [0, 0.1) is 5.92 Å². The van der Waals surface area contributed by atoms with E-state index < -0.39 is 0 Å². The molecular formula is C15H22N3OS+. The van der Waals surface area contributed by atoms with Crippen molar-refractivity contribution in [2.24, 2.45) is 5.92 Å². The van der Waals surface area contributed by atoms with Crippen molar-refractivity contribution in [1.82, 2.24) is 9.97 Å². The largest absolute Gasteiger partial charge is 0.338 e. The molecule has 4 nitrogen and oxygen atoms in total. The molecule has 2 atom stereocenters. The van der Waals surface area contributed by atoms with Crippen LogP contribution in [-0.2, 0) is 12.8 Å². The first-order chi connectivity index (χ1) is 9.60. The number of rotatable bonds is 3. The summed E-state index contributed by atoms with van der Waals surface area (Å²) in [6.45, 7) is 7.47. The highest BCUT2D eigenvalue weighted by atomic mass is 32.1. The van der Waals surface area contributed by atoms with Gasteiger partial charge < -0.3 is 10.3 Å². The second kappa shape index (κ2) is 5.30. The van der Waals surface area contributed by atoms with Crippen LogP contribution in [0.5, 0.6) is 0 Å². The Balaban J connectivity index is 2.12. The Morgan fingerprint density at radius 3 is 3.10 bits per heavy atom. The van der Waals surface area contributed by atoms with Crippen molar-refractivity contribution in [3.05, 3.63) is 26.6 Å². The van der Waals surface area contributed by atoms with Crippen LogP contribution in [0.1, 0.15) is 49.5 Å². The van der Waals surface area contributed by atoms with Crippen LogP contribution >= 0.6 is 11.3 Å². The molecule has 108 valence electrons. The second-order valence-electron chi connectivity index (χ2n) is 5.92. The van der Waals surface area contributed by atoms with Crippen LogP contribution in [0.3, 0.4) is 0 Å². The number of nitrogens with one attached hydrogen (secondary N) is 1. The van der Waals surface area contributed by atoms with E-state index in [0.29, 0.717) is 0 Å². The predicted octanol–water partition coefficient (Wildman–Crippen LogP) is 1.75. The van der Waals surface area contributed by atoms with Gasteiger partial charge in [-0.3, -0.25) is 4.79 Å². The molecule has 0 radical (unpaired) electrons. The summed E-state index contributed by atoms with van der Waals surface area (Å²) in [6, 6.07) is 0.204. The number of aromatic nitrogens is 2. The van der Waals surface area contributed by atoms with Crippen molar-refractivity contribution in [3.8, 4) is 0 Å². The van der Waals surface area contributed by atoms with Crippen LogP contribution in [0.4, 0.5) is 0 Å². The van der Waals surface area contributed by atoms with Gasteiger partial charge in [-0.1, -0.05) is 6.92 Å². The van der Waals surface area contributed by atoms with Crippen molar-refractivity contribution < 1.29 is 5.32 Å². The number of nitrogens with zero attached hydrogens (tertiary/aromatic N) is 1. The minimum absolute atomic E-state index is 0.0495. The Morgan fingerprint density at radius 1 is 1.55 bits per heavy atom. The fraction of sp³-hybridized carbons (Fsp3) is 0.600. The number of quaternary nitrogens is 1. The maximum absolute atomic E-state index is 12.4. The zero-order chi connectivity index (χ0) is 14.3. The van der Waals surface area contributed by atoms with E-state index in [1.54, 1.807) is 11.3 Å². The summed E-state index contributed by atoms with van der Waals surface area (Å²) in [6.07, 6.45) is 3.30. The molecular weight excluding hydrogens is 270 g/mol. The van der Waals surface area contributed by atoms with Gasteiger partial charge in [-0.25, -0.2) is 4.98 Å². The van der Waals surface area contributed by atoms with Crippen LogP contribution in [-0.4, -0.2) is 16.5 Å². The zero-order valence-corrected chi connectivity index (χ0v) is 13.1. The fourth-order valence-corrected chi connectivity index (χ4v) is 4.44.